The molecule has 0 aliphatic carbocycles. The van der Waals surface area contributed by atoms with E-state index in [1.165, 1.54) is 27.7 Å². The molecular weight excluding hydrogens is 375 g/mol. The van der Waals surface area contributed by atoms with Crippen molar-refractivity contribution in [3.8, 4) is 0 Å². The van der Waals surface area contributed by atoms with Crippen LogP contribution in [0.1, 0.15) is 16.0 Å². The number of alkyl halides is 1. The first-order chi connectivity index (χ1) is 9.63. The highest BCUT2D eigenvalue weighted by Crippen LogP contribution is 2.39. The van der Waals surface area contributed by atoms with Crippen LogP contribution in [0.15, 0.2) is 48.5 Å². The number of rotatable bonds is 3. The molecule has 0 saturated carbocycles. The summed E-state index contributed by atoms with van der Waals surface area (Å²) in [5.41, 5.74) is 2.35. The van der Waals surface area contributed by atoms with Gasteiger partial charge in [0.05, 0.1) is 8.67 Å². The van der Waals surface area contributed by atoms with Crippen molar-refractivity contribution < 1.29 is 0 Å². The molecule has 0 N–H and O–H groups in total. The summed E-state index contributed by atoms with van der Waals surface area (Å²) >= 11 is 17.3. The molecule has 0 aliphatic rings. The Morgan fingerprint density at radius 2 is 1.75 bits per heavy atom. The van der Waals surface area contributed by atoms with Gasteiger partial charge in [0, 0.05) is 4.83 Å². The first-order valence-electron chi connectivity index (χ1n) is 6.20. The van der Waals surface area contributed by atoms with Crippen LogP contribution in [0.3, 0.4) is 0 Å². The Morgan fingerprint density at radius 3 is 2.45 bits per heavy atom. The van der Waals surface area contributed by atoms with Crippen molar-refractivity contribution >= 4 is 61.2 Å². The second-order valence-electron chi connectivity index (χ2n) is 4.63. The minimum absolute atomic E-state index is 0.180. The van der Waals surface area contributed by atoms with Gasteiger partial charge in [-0.05, 0) is 34.4 Å². The molecule has 0 saturated heterocycles. The maximum atomic E-state index is 6.21. The van der Waals surface area contributed by atoms with Gasteiger partial charge in [0.15, 0.2) is 0 Å². The lowest BCUT2D eigenvalue weighted by molar-refractivity contribution is 0.957. The zero-order valence-electron chi connectivity index (χ0n) is 10.4. The van der Waals surface area contributed by atoms with Gasteiger partial charge in [-0.2, -0.15) is 0 Å². The highest BCUT2D eigenvalue weighted by molar-refractivity contribution is 9.09. The average molecular weight is 386 g/mol. The molecule has 1 unspecified atom stereocenters. The largest absolute Gasteiger partial charge is 0.111 e. The van der Waals surface area contributed by atoms with E-state index in [-0.39, 0.29) is 4.83 Å². The quantitative estimate of drug-likeness (QED) is 0.430. The summed E-state index contributed by atoms with van der Waals surface area (Å²) in [5, 5.41) is 2.53. The standard InChI is InChI=1S/C16H11BrCl2S/c17-14(13-9-15(18)20-16(13)19)8-10-5-6-11-3-1-2-4-12(11)7-10/h1-7,9,14H,8H2. The Bertz CT molecular complexity index is 751. The van der Waals surface area contributed by atoms with Gasteiger partial charge in [-0.15, -0.1) is 11.3 Å². The van der Waals surface area contributed by atoms with Gasteiger partial charge in [0.1, 0.15) is 0 Å². The molecule has 0 amide bonds. The Labute approximate surface area is 140 Å². The lowest BCUT2D eigenvalue weighted by Gasteiger charge is -2.10. The number of hydrogen-bond donors (Lipinski definition) is 0. The Kier molecular flexibility index (Phi) is 4.37. The van der Waals surface area contributed by atoms with Gasteiger partial charge in [-0.1, -0.05) is 81.6 Å². The number of benzene rings is 2. The maximum absolute atomic E-state index is 6.21. The fourth-order valence-electron chi connectivity index (χ4n) is 2.25. The van der Waals surface area contributed by atoms with Crippen molar-refractivity contribution in [2.45, 2.75) is 11.2 Å². The minimum atomic E-state index is 0.180. The summed E-state index contributed by atoms with van der Waals surface area (Å²) in [4.78, 5) is 0.180. The van der Waals surface area contributed by atoms with Crippen LogP contribution in [-0.2, 0) is 6.42 Å². The number of halogens is 3. The molecule has 0 spiro atoms. The summed E-state index contributed by atoms with van der Waals surface area (Å²) in [5.74, 6) is 0. The van der Waals surface area contributed by atoms with Crippen LogP contribution in [0.5, 0.6) is 0 Å². The highest BCUT2D eigenvalue weighted by Gasteiger charge is 2.15. The van der Waals surface area contributed by atoms with Gasteiger partial charge in [-0.25, -0.2) is 0 Å². The molecule has 3 rings (SSSR count). The lowest BCUT2D eigenvalue weighted by Crippen LogP contribution is -1.94. The molecule has 0 nitrogen and oxygen atoms in total. The average Bonchev–Trinajstić information content (AvgIpc) is 2.78. The maximum Gasteiger partial charge on any atom is 0.0987 e. The number of hydrogen-bond acceptors (Lipinski definition) is 1. The molecule has 0 bridgehead atoms. The molecule has 1 heterocycles. The van der Waals surface area contributed by atoms with Gasteiger partial charge in [0.2, 0.25) is 0 Å². The highest BCUT2D eigenvalue weighted by atomic mass is 79.9. The molecular formula is C16H11BrCl2S. The SMILES string of the molecule is Clc1cc(C(Br)Cc2ccc3ccccc3c2)c(Cl)s1. The zero-order valence-corrected chi connectivity index (χ0v) is 14.4. The summed E-state index contributed by atoms with van der Waals surface area (Å²) in [6, 6.07) is 16.9. The van der Waals surface area contributed by atoms with Crippen molar-refractivity contribution in [1.82, 2.24) is 0 Å². The predicted molar refractivity (Wildman–Crippen MR) is 93.7 cm³/mol. The van der Waals surface area contributed by atoms with Crippen LogP contribution in [-0.4, -0.2) is 0 Å². The van der Waals surface area contributed by atoms with Crippen LogP contribution in [0.2, 0.25) is 8.67 Å². The van der Waals surface area contributed by atoms with Gasteiger partial charge in [0.25, 0.3) is 0 Å². The van der Waals surface area contributed by atoms with Crippen LogP contribution in [0.4, 0.5) is 0 Å². The second kappa shape index (κ2) is 6.07. The van der Waals surface area contributed by atoms with E-state index < -0.39 is 0 Å². The Balaban J connectivity index is 1.87. The van der Waals surface area contributed by atoms with Gasteiger partial charge >= 0.3 is 0 Å². The molecule has 0 fully saturated rings. The summed E-state index contributed by atoms with van der Waals surface area (Å²) in [6.45, 7) is 0. The predicted octanol–water partition coefficient (Wildman–Crippen LogP) is 6.89. The topological polar surface area (TPSA) is 0 Å². The molecule has 0 radical (unpaired) electrons. The van der Waals surface area contributed by atoms with Gasteiger partial charge in [-0.3, -0.25) is 0 Å². The van der Waals surface area contributed by atoms with E-state index in [9.17, 15) is 0 Å². The second-order valence-corrected chi connectivity index (χ2v) is 8.02. The van der Waals surface area contributed by atoms with E-state index in [1.54, 1.807) is 0 Å². The van der Waals surface area contributed by atoms with E-state index >= 15 is 0 Å². The summed E-state index contributed by atoms with van der Waals surface area (Å²) in [7, 11) is 0. The first kappa shape index (κ1) is 14.4. The minimum Gasteiger partial charge on any atom is -0.111 e. The Morgan fingerprint density at radius 1 is 1.00 bits per heavy atom. The number of thiophene rings is 1. The Hall–Kier alpha value is -0.540. The molecule has 1 aromatic heterocycles. The zero-order chi connectivity index (χ0) is 14.1. The number of fused-ring (bicyclic) bond motifs is 1. The first-order valence-corrected chi connectivity index (χ1v) is 8.69. The third-order valence-corrected chi connectivity index (χ3v) is 5.58. The molecule has 102 valence electrons. The summed E-state index contributed by atoms with van der Waals surface area (Å²) < 4.78 is 1.49. The lowest BCUT2D eigenvalue weighted by atomic mass is 10.0. The molecule has 2 aromatic carbocycles. The van der Waals surface area contributed by atoms with E-state index in [1.807, 2.05) is 6.07 Å². The molecule has 20 heavy (non-hydrogen) atoms. The van der Waals surface area contributed by atoms with E-state index in [4.69, 9.17) is 23.2 Å². The molecule has 0 aliphatic heterocycles. The molecule has 3 aromatic rings. The van der Waals surface area contributed by atoms with Crippen molar-refractivity contribution in [2.75, 3.05) is 0 Å². The normalized spacial score (nSPS) is 12.8. The van der Waals surface area contributed by atoms with E-state index in [2.05, 4.69) is 58.4 Å². The van der Waals surface area contributed by atoms with Crippen LogP contribution in [0.25, 0.3) is 10.8 Å². The van der Waals surface area contributed by atoms with E-state index in [0.29, 0.717) is 0 Å². The van der Waals surface area contributed by atoms with Crippen molar-refractivity contribution in [3.63, 3.8) is 0 Å². The molecule has 1 atom stereocenters. The van der Waals surface area contributed by atoms with Crippen molar-refractivity contribution in [3.05, 3.63) is 68.3 Å². The van der Waals surface area contributed by atoms with Gasteiger partial charge < -0.3 is 0 Å². The monoisotopic (exact) mass is 384 g/mol. The van der Waals surface area contributed by atoms with Crippen molar-refractivity contribution in [2.24, 2.45) is 0 Å². The van der Waals surface area contributed by atoms with Crippen LogP contribution in [0, 0.1) is 0 Å². The third-order valence-electron chi connectivity index (χ3n) is 3.25. The molecule has 4 heteroatoms. The third kappa shape index (κ3) is 3.04. The fourth-order valence-corrected chi connectivity index (χ4v) is 4.85. The van der Waals surface area contributed by atoms with Crippen LogP contribution < -0.4 is 0 Å². The fraction of sp³-hybridized carbons (Fsp3) is 0.125. The van der Waals surface area contributed by atoms with Crippen LogP contribution >= 0.6 is 50.5 Å². The smallest absolute Gasteiger partial charge is 0.0987 e. The summed E-state index contributed by atoms with van der Waals surface area (Å²) in [6.07, 6.45) is 0.887. The van der Waals surface area contributed by atoms with Crippen molar-refractivity contribution in [1.29, 1.82) is 0 Å². The van der Waals surface area contributed by atoms with E-state index in [0.717, 1.165) is 20.7 Å².